The number of amides is 1. The van der Waals surface area contributed by atoms with Crippen LogP contribution in [0.4, 0.5) is 5.69 Å². The minimum Gasteiger partial charge on any atom is -0.504 e. The maximum atomic E-state index is 12.2. The lowest BCUT2D eigenvalue weighted by atomic mass is 9.97. The summed E-state index contributed by atoms with van der Waals surface area (Å²) in [6, 6.07) is 11.3. The molecule has 1 heterocycles. The molecule has 0 radical (unpaired) electrons. The number of benzene rings is 2. The Kier molecular flexibility index (Phi) is 5.28. The van der Waals surface area contributed by atoms with E-state index in [1.54, 1.807) is 36.4 Å². The van der Waals surface area contributed by atoms with Gasteiger partial charge in [-0.3, -0.25) is 9.52 Å². The first kappa shape index (κ1) is 19.7. The molecule has 0 bridgehead atoms. The van der Waals surface area contributed by atoms with Gasteiger partial charge in [0.25, 0.3) is 0 Å². The van der Waals surface area contributed by atoms with Gasteiger partial charge in [-0.25, -0.2) is 13.4 Å². The number of phenolic OH excluding ortho intramolecular Hbond substituents is 1. The van der Waals surface area contributed by atoms with Crippen LogP contribution in [0, 0.1) is 0 Å². The molecule has 28 heavy (non-hydrogen) atoms. The number of aromatic hydroxyl groups is 1. The molecule has 1 unspecified atom stereocenters. The number of phenols is 1. The molecular formula is C19H21N3O5S. The zero-order valence-corrected chi connectivity index (χ0v) is 16.5. The second-order valence-electron chi connectivity index (χ2n) is 6.48. The summed E-state index contributed by atoms with van der Waals surface area (Å²) in [7, 11) is -1.96. The van der Waals surface area contributed by atoms with E-state index in [9.17, 15) is 18.3 Å². The third-order valence-electron chi connectivity index (χ3n) is 4.32. The fraction of sp³-hybridized carbons (Fsp3) is 0.263. The zero-order chi connectivity index (χ0) is 20.5. The molecule has 1 aliphatic heterocycles. The first-order valence-electron chi connectivity index (χ1n) is 8.51. The molecule has 2 aromatic carbocycles. The van der Waals surface area contributed by atoms with Crippen LogP contribution in [-0.2, 0) is 14.8 Å². The van der Waals surface area contributed by atoms with Crippen molar-refractivity contribution in [3.8, 4) is 11.5 Å². The van der Waals surface area contributed by atoms with Crippen LogP contribution in [0.1, 0.15) is 30.5 Å². The Morgan fingerprint density at radius 2 is 2.00 bits per heavy atom. The summed E-state index contributed by atoms with van der Waals surface area (Å²) in [6.45, 7) is 1.41. The van der Waals surface area contributed by atoms with Crippen LogP contribution < -0.4 is 9.46 Å². The Bertz CT molecular complexity index is 1050. The average Bonchev–Trinajstić information content (AvgIpc) is 3.06. The fourth-order valence-electron chi connectivity index (χ4n) is 3.22. The number of anilines is 1. The summed E-state index contributed by atoms with van der Waals surface area (Å²) in [6.07, 6.45) is 1.47. The Morgan fingerprint density at radius 3 is 2.64 bits per heavy atom. The van der Waals surface area contributed by atoms with E-state index in [1.807, 2.05) is 0 Å². The number of nitrogens with zero attached hydrogens (tertiary/aromatic N) is 2. The highest BCUT2D eigenvalue weighted by molar-refractivity contribution is 7.92. The molecule has 3 rings (SSSR count). The average molecular weight is 403 g/mol. The molecule has 1 atom stereocenters. The molecule has 0 saturated heterocycles. The second-order valence-corrected chi connectivity index (χ2v) is 8.23. The van der Waals surface area contributed by atoms with Gasteiger partial charge in [-0.1, -0.05) is 24.3 Å². The third kappa shape index (κ3) is 4.09. The van der Waals surface area contributed by atoms with Gasteiger partial charge in [-0.15, -0.1) is 0 Å². The largest absolute Gasteiger partial charge is 0.504 e. The van der Waals surface area contributed by atoms with Gasteiger partial charge in [-0.2, -0.15) is 5.10 Å². The Labute approximate surface area is 163 Å². The van der Waals surface area contributed by atoms with E-state index in [0.717, 1.165) is 6.26 Å². The number of para-hydroxylation sites is 1. The maximum absolute atomic E-state index is 12.2. The molecule has 8 nitrogen and oxygen atoms in total. The van der Waals surface area contributed by atoms with E-state index in [0.29, 0.717) is 34.7 Å². The van der Waals surface area contributed by atoms with Crippen LogP contribution in [0.25, 0.3) is 0 Å². The summed E-state index contributed by atoms with van der Waals surface area (Å²) in [4.78, 5) is 12.2. The van der Waals surface area contributed by atoms with E-state index < -0.39 is 16.1 Å². The number of hydrogen-bond acceptors (Lipinski definition) is 6. The van der Waals surface area contributed by atoms with E-state index in [2.05, 4.69) is 9.82 Å². The Hall–Kier alpha value is -3.07. The molecule has 0 spiro atoms. The van der Waals surface area contributed by atoms with Gasteiger partial charge in [0.05, 0.1) is 25.1 Å². The predicted octanol–water partition coefficient (Wildman–Crippen LogP) is 2.47. The lowest BCUT2D eigenvalue weighted by molar-refractivity contribution is -0.130. The number of methoxy groups -OCH3 is 1. The quantitative estimate of drug-likeness (QED) is 0.797. The minimum atomic E-state index is -3.41. The number of ether oxygens (including phenoxy) is 1. The molecule has 9 heteroatoms. The van der Waals surface area contributed by atoms with Gasteiger partial charge in [0, 0.05) is 24.6 Å². The van der Waals surface area contributed by atoms with Crippen LogP contribution >= 0.6 is 0 Å². The van der Waals surface area contributed by atoms with Crippen LogP contribution in [0.2, 0.25) is 0 Å². The number of nitrogens with one attached hydrogen (secondary N) is 1. The first-order valence-corrected chi connectivity index (χ1v) is 10.4. The van der Waals surface area contributed by atoms with Crippen molar-refractivity contribution in [2.45, 2.75) is 19.4 Å². The Morgan fingerprint density at radius 1 is 1.29 bits per heavy atom. The summed E-state index contributed by atoms with van der Waals surface area (Å²) in [5, 5.41) is 15.9. The highest BCUT2D eigenvalue weighted by atomic mass is 32.2. The molecule has 1 amide bonds. The Balaban J connectivity index is 1.98. The third-order valence-corrected chi connectivity index (χ3v) is 4.93. The van der Waals surface area contributed by atoms with E-state index in [4.69, 9.17) is 4.74 Å². The fourth-order valence-corrected chi connectivity index (χ4v) is 3.78. The lowest BCUT2D eigenvalue weighted by Crippen LogP contribution is -2.24. The van der Waals surface area contributed by atoms with Crippen LogP contribution in [0.3, 0.4) is 0 Å². The summed E-state index contributed by atoms with van der Waals surface area (Å²) < 4.78 is 30.7. The molecular weight excluding hydrogens is 382 g/mol. The van der Waals surface area contributed by atoms with Crippen LogP contribution in [-0.4, -0.2) is 43.5 Å². The van der Waals surface area contributed by atoms with Crippen LogP contribution in [0.5, 0.6) is 11.5 Å². The SMILES string of the molecule is COc1c(O)cccc1C1CC(c2cccc(NS(C)(=O)=O)c2)=NN1C(C)=O. The molecule has 2 aromatic rings. The molecule has 0 aliphatic carbocycles. The van der Waals surface area contributed by atoms with Crippen molar-refractivity contribution in [1.82, 2.24) is 5.01 Å². The zero-order valence-electron chi connectivity index (χ0n) is 15.7. The minimum absolute atomic E-state index is 0.0173. The molecule has 148 valence electrons. The van der Waals surface area contributed by atoms with Gasteiger partial charge in [0.2, 0.25) is 15.9 Å². The second kappa shape index (κ2) is 7.51. The topological polar surface area (TPSA) is 108 Å². The molecule has 0 aromatic heterocycles. The highest BCUT2D eigenvalue weighted by Crippen LogP contribution is 2.41. The number of carbonyl (C=O) groups excluding carboxylic acids is 1. The number of rotatable bonds is 5. The monoisotopic (exact) mass is 403 g/mol. The summed E-state index contributed by atoms with van der Waals surface area (Å²) in [5.41, 5.74) is 2.38. The van der Waals surface area contributed by atoms with E-state index in [1.165, 1.54) is 25.1 Å². The van der Waals surface area contributed by atoms with Crippen molar-refractivity contribution in [3.05, 3.63) is 53.6 Å². The lowest BCUT2D eigenvalue weighted by Gasteiger charge is -2.22. The van der Waals surface area contributed by atoms with Gasteiger partial charge >= 0.3 is 0 Å². The standard InChI is InChI=1S/C19H21N3O5S/c1-12(23)22-17(15-8-5-9-18(24)19(15)27-2)11-16(20-22)13-6-4-7-14(10-13)21-28(3,25)26/h4-10,17,21,24H,11H2,1-3H3. The van der Waals surface area contributed by atoms with Crippen molar-refractivity contribution in [3.63, 3.8) is 0 Å². The number of carbonyl (C=O) groups is 1. The molecule has 2 N–H and O–H groups in total. The number of hydrogen-bond donors (Lipinski definition) is 2. The summed E-state index contributed by atoms with van der Waals surface area (Å²) >= 11 is 0. The first-order chi connectivity index (χ1) is 13.2. The van der Waals surface area contributed by atoms with Crippen molar-refractivity contribution in [2.75, 3.05) is 18.1 Å². The molecule has 0 saturated carbocycles. The smallest absolute Gasteiger partial charge is 0.240 e. The predicted molar refractivity (Wildman–Crippen MR) is 106 cm³/mol. The maximum Gasteiger partial charge on any atom is 0.240 e. The van der Waals surface area contributed by atoms with Crippen LogP contribution in [0.15, 0.2) is 47.6 Å². The summed E-state index contributed by atoms with van der Waals surface area (Å²) in [5.74, 6) is 0.0230. The number of hydrazone groups is 1. The van der Waals surface area contributed by atoms with E-state index >= 15 is 0 Å². The molecule has 0 fully saturated rings. The number of sulfonamides is 1. The van der Waals surface area contributed by atoms with Gasteiger partial charge < -0.3 is 9.84 Å². The van der Waals surface area contributed by atoms with Gasteiger partial charge in [0.15, 0.2) is 11.5 Å². The highest BCUT2D eigenvalue weighted by Gasteiger charge is 2.34. The van der Waals surface area contributed by atoms with Crippen molar-refractivity contribution in [2.24, 2.45) is 5.10 Å². The van der Waals surface area contributed by atoms with Crippen molar-refractivity contribution < 1.29 is 23.1 Å². The normalized spacial score (nSPS) is 16.6. The van der Waals surface area contributed by atoms with Crippen molar-refractivity contribution in [1.29, 1.82) is 0 Å². The molecule has 1 aliphatic rings. The van der Waals surface area contributed by atoms with Gasteiger partial charge in [-0.05, 0) is 23.8 Å². The van der Waals surface area contributed by atoms with Gasteiger partial charge in [0.1, 0.15) is 0 Å². The van der Waals surface area contributed by atoms with Crippen molar-refractivity contribution >= 4 is 27.3 Å². The van der Waals surface area contributed by atoms with E-state index in [-0.39, 0.29) is 11.7 Å².